The molecule has 0 atom stereocenters. The van der Waals surface area contributed by atoms with Crippen LogP contribution < -0.4 is 15.6 Å². The summed E-state index contributed by atoms with van der Waals surface area (Å²) >= 11 is 6.40. The van der Waals surface area contributed by atoms with Gasteiger partial charge in [0.25, 0.3) is 11.5 Å². The smallest absolute Gasteiger partial charge is 0.276 e. The zero-order valence-corrected chi connectivity index (χ0v) is 13.5. The molecule has 0 aliphatic carbocycles. The van der Waals surface area contributed by atoms with Crippen molar-refractivity contribution in [2.75, 3.05) is 11.9 Å². The van der Waals surface area contributed by atoms with Crippen molar-refractivity contribution in [3.8, 4) is 16.9 Å². The van der Waals surface area contributed by atoms with Crippen molar-refractivity contribution in [1.29, 1.82) is 0 Å². The summed E-state index contributed by atoms with van der Waals surface area (Å²) in [4.78, 5) is 24.2. The Morgan fingerprint density at radius 1 is 1.12 bits per heavy atom. The van der Waals surface area contributed by atoms with Gasteiger partial charge in [0.15, 0.2) is 6.61 Å². The van der Waals surface area contributed by atoms with Crippen molar-refractivity contribution in [3.05, 3.63) is 33.5 Å². The number of rotatable bonds is 1. The number of aromatic nitrogens is 2. The standard InChI is InChI=1S/C16H15ClFN3O3/c17-15-14(16(23)21-5-3-1-2-4-20(15)21)9-6-11-12(7-10(9)18)24-8-13(22)19-11/h6-7H,1-5,8H2,(H,19,22). The van der Waals surface area contributed by atoms with E-state index in [0.29, 0.717) is 18.8 Å². The highest BCUT2D eigenvalue weighted by atomic mass is 35.5. The van der Waals surface area contributed by atoms with E-state index in [1.807, 2.05) is 0 Å². The van der Waals surface area contributed by atoms with Crippen LogP contribution in [-0.4, -0.2) is 21.9 Å². The molecule has 2 aliphatic rings. The first-order valence-corrected chi connectivity index (χ1v) is 8.19. The van der Waals surface area contributed by atoms with E-state index in [-0.39, 0.29) is 40.1 Å². The third-order valence-electron chi connectivity index (χ3n) is 4.38. The maximum Gasteiger partial charge on any atom is 0.276 e. The van der Waals surface area contributed by atoms with Crippen LogP contribution in [0.3, 0.4) is 0 Å². The fourth-order valence-corrected chi connectivity index (χ4v) is 3.58. The lowest BCUT2D eigenvalue weighted by Crippen LogP contribution is -2.25. The third kappa shape index (κ3) is 2.31. The van der Waals surface area contributed by atoms with Gasteiger partial charge < -0.3 is 10.1 Å². The summed E-state index contributed by atoms with van der Waals surface area (Å²) in [5, 5.41) is 2.84. The van der Waals surface area contributed by atoms with E-state index in [0.717, 1.165) is 19.3 Å². The number of benzene rings is 1. The van der Waals surface area contributed by atoms with E-state index in [9.17, 15) is 14.0 Å². The second-order valence-corrected chi connectivity index (χ2v) is 6.30. The molecule has 0 spiro atoms. The van der Waals surface area contributed by atoms with Crippen LogP contribution in [0.1, 0.15) is 19.3 Å². The van der Waals surface area contributed by atoms with Gasteiger partial charge in [-0.05, 0) is 25.3 Å². The largest absolute Gasteiger partial charge is 0.481 e. The van der Waals surface area contributed by atoms with Gasteiger partial charge in [0.05, 0.1) is 11.3 Å². The average Bonchev–Trinajstić information content (AvgIpc) is 2.74. The molecule has 1 aromatic heterocycles. The van der Waals surface area contributed by atoms with Crippen LogP contribution >= 0.6 is 11.6 Å². The molecular formula is C16H15ClFN3O3. The number of nitrogens with zero attached hydrogens (tertiary/aromatic N) is 2. The molecule has 8 heteroatoms. The Bertz CT molecular complexity index is 903. The molecule has 0 unspecified atom stereocenters. The minimum Gasteiger partial charge on any atom is -0.481 e. The molecule has 1 aromatic carbocycles. The second-order valence-electron chi connectivity index (χ2n) is 5.94. The highest BCUT2D eigenvalue weighted by Gasteiger charge is 2.26. The minimum absolute atomic E-state index is 0.0719. The third-order valence-corrected chi connectivity index (χ3v) is 4.77. The van der Waals surface area contributed by atoms with E-state index >= 15 is 0 Å². The number of fused-ring (bicyclic) bond motifs is 2. The summed E-state index contributed by atoms with van der Waals surface area (Å²) < 4.78 is 23.0. The van der Waals surface area contributed by atoms with E-state index < -0.39 is 5.82 Å². The maximum absolute atomic E-state index is 14.6. The first-order chi connectivity index (χ1) is 11.6. The fraction of sp³-hybridized carbons (Fsp3) is 0.375. The number of carbonyl (C=O) groups excluding carboxylic acids is 1. The number of nitrogens with one attached hydrogen (secondary N) is 1. The van der Waals surface area contributed by atoms with Crippen molar-refractivity contribution < 1.29 is 13.9 Å². The van der Waals surface area contributed by atoms with Gasteiger partial charge in [-0.1, -0.05) is 11.6 Å². The lowest BCUT2D eigenvalue weighted by atomic mass is 10.1. The van der Waals surface area contributed by atoms with Gasteiger partial charge in [0.1, 0.15) is 16.7 Å². The van der Waals surface area contributed by atoms with Gasteiger partial charge in [0, 0.05) is 24.7 Å². The topological polar surface area (TPSA) is 65.3 Å². The normalized spacial score (nSPS) is 16.7. The highest BCUT2D eigenvalue weighted by Crippen LogP contribution is 2.36. The predicted molar refractivity (Wildman–Crippen MR) is 87.1 cm³/mol. The second kappa shape index (κ2) is 5.66. The fourth-order valence-electron chi connectivity index (χ4n) is 3.22. The summed E-state index contributed by atoms with van der Waals surface area (Å²) in [7, 11) is 0. The Kier molecular flexibility index (Phi) is 3.60. The highest BCUT2D eigenvalue weighted by molar-refractivity contribution is 6.32. The first-order valence-electron chi connectivity index (χ1n) is 7.82. The van der Waals surface area contributed by atoms with Crippen LogP contribution in [0.2, 0.25) is 5.15 Å². The maximum atomic E-state index is 14.6. The Labute approximate surface area is 141 Å². The predicted octanol–water partition coefficient (Wildman–Crippen LogP) is 2.62. The zero-order valence-electron chi connectivity index (χ0n) is 12.8. The Morgan fingerprint density at radius 2 is 1.88 bits per heavy atom. The lowest BCUT2D eigenvalue weighted by Gasteiger charge is -2.18. The number of hydrogen-bond donors (Lipinski definition) is 1. The molecule has 1 amide bonds. The van der Waals surface area contributed by atoms with Crippen LogP contribution in [0.5, 0.6) is 5.75 Å². The van der Waals surface area contributed by atoms with E-state index in [2.05, 4.69) is 5.32 Å². The molecule has 0 saturated carbocycles. The summed E-state index contributed by atoms with van der Waals surface area (Å²) in [6, 6.07) is 2.58. The summed E-state index contributed by atoms with van der Waals surface area (Å²) in [6.07, 6.45) is 2.83. The Morgan fingerprint density at radius 3 is 2.67 bits per heavy atom. The molecule has 1 N–H and O–H groups in total. The monoisotopic (exact) mass is 351 g/mol. The van der Waals surface area contributed by atoms with Gasteiger partial charge in [-0.15, -0.1) is 0 Å². The molecule has 24 heavy (non-hydrogen) atoms. The number of halogens is 2. The van der Waals surface area contributed by atoms with E-state index in [1.54, 1.807) is 9.36 Å². The lowest BCUT2D eigenvalue weighted by molar-refractivity contribution is -0.118. The van der Waals surface area contributed by atoms with Gasteiger partial charge >= 0.3 is 0 Å². The zero-order chi connectivity index (χ0) is 16.8. The van der Waals surface area contributed by atoms with Gasteiger partial charge in [-0.25, -0.2) is 9.07 Å². The summed E-state index contributed by atoms with van der Waals surface area (Å²) in [5.74, 6) is -0.686. The summed E-state index contributed by atoms with van der Waals surface area (Å²) in [5.41, 5.74) is 0.217. The molecule has 4 rings (SSSR count). The number of ether oxygens (including phenoxy) is 1. The van der Waals surface area contributed by atoms with Crippen molar-refractivity contribution >= 4 is 23.2 Å². The molecule has 126 valence electrons. The molecule has 0 saturated heterocycles. The number of hydrogen-bond acceptors (Lipinski definition) is 3. The van der Waals surface area contributed by atoms with Crippen molar-refractivity contribution in [1.82, 2.24) is 9.36 Å². The molecule has 0 bridgehead atoms. The number of anilines is 1. The van der Waals surface area contributed by atoms with Crippen molar-refractivity contribution in [3.63, 3.8) is 0 Å². The van der Waals surface area contributed by atoms with Crippen LogP contribution in [0.4, 0.5) is 10.1 Å². The molecule has 0 fully saturated rings. The van der Waals surface area contributed by atoms with E-state index in [4.69, 9.17) is 16.3 Å². The average molecular weight is 352 g/mol. The SMILES string of the molecule is O=C1COc2cc(F)c(-c3c(Cl)n4n(c3=O)CCCCC4)cc2N1. The molecular weight excluding hydrogens is 337 g/mol. The van der Waals surface area contributed by atoms with Gasteiger partial charge in [-0.2, -0.15) is 0 Å². The van der Waals surface area contributed by atoms with Gasteiger partial charge in [0.2, 0.25) is 0 Å². The van der Waals surface area contributed by atoms with Crippen molar-refractivity contribution in [2.24, 2.45) is 0 Å². The molecule has 2 aliphatic heterocycles. The van der Waals surface area contributed by atoms with Crippen LogP contribution in [0.15, 0.2) is 16.9 Å². The quantitative estimate of drug-likeness (QED) is 0.859. The minimum atomic E-state index is -0.606. The molecule has 6 nitrogen and oxygen atoms in total. The molecule has 2 aromatic rings. The number of amides is 1. The molecule has 3 heterocycles. The van der Waals surface area contributed by atoms with Gasteiger partial charge in [-0.3, -0.25) is 14.3 Å². The van der Waals surface area contributed by atoms with Crippen LogP contribution in [0.25, 0.3) is 11.1 Å². The van der Waals surface area contributed by atoms with Crippen molar-refractivity contribution in [2.45, 2.75) is 32.4 Å². The van der Waals surface area contributed by atoms with Crippen LogP contribution in [0, 0.1) is 5.82 Å². The molecule has 0 radical (unpaired) electrons. The number of carbonyl (C=O) groups is 1. The summed E-state index contributed by atoms with van der Waals surface area (Å²) in [6.45, 7) is 1.03. The Hall–Kier alpha value is -2.28. The Balaban J connectivity index is 1.90. The van der Waals surface area contributed by atoms with E-state index in [1.165, 1.54) is 12.1 Å². The first kappa shape index (κ1) is 15.3. The van der Waals surface area contributed by atoms with Crippen LogP contribution in [-0.2, 0) is 17.9 Å².